The fourth-order valence-corrected chi connectivity index (χ4v) is 0.699. The molecule has 0 aliphatic carbocycles. The van der Waals surface area contributed by atoms with Crippen LogP contribution >= 0.6 is 0 Å². The van der Waals surface area contributed by atoms with Crippen LogP contribution in [0.3, 0.4) is 0 Å². The Labute approximate surface area is 74.7 Å². The molecule has 13 heavy (non-hydrogen) atoms. The Bertz CT molecular complexity index is 291. The molecule has 0 atom stereocenters. The number of esters is 1. The summed E-state index contributed by atoms with van der Waals surface area (Å²) in [5, 5.41) is 2.37. The Hall–Kier alpha value is -1.78. The molecule has 0 aliphatic rings. The Balaban J connectivity index is 2.31. The van der Waals surface area contributed by atoms with E-state index in [1.807, 2.05) is 0 Å². The quantitative estimate of drug-likeness (QED) is 0.548. The maximum Gasteiger partial charge on any atom is 0.304 e. The summed E-state index contributed by atoms with van der Waals surface area (Å²) in [5.41, 5.74) is 0.396. The number of rotatable bonds is 3. The molecule has 1 N–H and O–H groups in total. The first-order chi connectivity index (χ1) is 6.20. The van der Waals surface area contributed by atoms with Gasteiger partial charge in [0, 0.05) is 6.92 Å². The van der Waals surface area contributed by atoms with Crippen LogP contribution in [0.25, 0.3) is 0 Å². The molecular formula is C8H9NO4. The second kappa shape index (κ2) is 4.30. The zero-order valence-corrected chi connectivity index (χ0v) is 7.07. The van der Waals surface area contributed by atoms with E-state index >= 15 is 0 Å². The van der Waals surface area contributed by atoms with Crippen LogP contribution in [0, 0.1) is 0 Å². The van der Waals surface area contributed by atoms with Crippen molar-refractivity contribution in [2.45, 2.75) is 6.92 Å². The summed E-state index contributed by atoms with van der Waals surface area (Å²) in [7, 11) is 0. The molecule has 0 saturated carbocycles. The van der Waals surface area contributed by atoms with Gasteiger partial charge in [-0.3, -0.25) is 9.59 Å². The van der Waals surface area contributed by atoms with E-state index in [0.717, 1.165) is 0 Å². The van der Waals surface area contributed by atoms with E-state index in [1.165, 1.54) is 25.5 Å². The number of carbonyl (C=O) groups excluding carboxylic acids is 2. The van der Waals surface area contributed by atoms with Gasteiger partial charge in [0.25, 0.3) is 5.91 Å². The smallest absolute Gasteiger partial charge is 0.304 e. The number of furan rings is 1. The van der Waals surface area contributed by atoms with Gasteiger partial charge in [0.2, 0.25) is 0 Å². The summed E-state index contributed by atoms with van der Waals surface area (Å²) in [6, 6.07) is 1.52. The van der Waals surface area contributed by atoms with Crippen LogP contribution in [0.5, 0.6) is 0 Å². The highest BCUT2D eigenvalue weighted by atomic mass is 16.5. The van der Waals surface area contributed by atoms with Crippen LogP contribution in [-0.4, -0.2) is 18.6 Å². The third-order valence-corrected chi connectivity index (χ3v) is 1.29. The Morgan fingerprint density at radius 2 is 2.38 bits per heavy atom. The molecule has 0 aromatic carbocycles. The number of ether oxygens (including phenoxy) is 1. The fourth-order valence-electron chi connectivity index (χ4n) is 0.699. The average molecular weight is 183 g/mol. The molecule has 0 saturated heterocycles. The van der Waals surface area contributed by atoms with Gasteiger partial charge >= 0.3 is 5.97 Å². The van der Waals surface area contributed by atoms with E-state index in [-0.39, 0.29) is 12.6 Å². The summed E-state index contributed by atoms with van der Waals surface area (Å²) in [6.45, 7) is 1.14. The molecule has 0 bridgehead atoms. The van der Waals surface area contributed by atoms with Crippen LogP contribution in [0.4, 0.5) is 0 Å². The van der Waals surface area contributed by atoms with Crippen molar-refractivity contribution >= 4 is 11.9 Å². The number of amides is 1. The molecule has 1 aromatic rings. The van der Waals surface area contributed by atoms with Crippen molar-refractivity contribution in [2.24, 2.45) is 0 Å². The summed E-state index contributed by atoms with van der Waals surface area (Å²) in [4.78, 5) is 21.4. The van der Waals surface area contributed by atoms with Gasteiger partial charge in [-0.25, -0.2) is 0 Å². The summed E-state index contributed by atoms with van der Waals surface area (Å²) >= 11 is 0. The predicted octanol–water partition coefficient (Wildman–Crippen LogP) is 0.530. The standard InChI is InChI=1S/C8H9NO4/c1-6(10)13-5-9-8(11)7-2-3-12-4-7/h2-4H,5H2,1H3,(H,9,11). The second-order valence-corrected chi connectivity index (χ2v) is 2.30. The lowest BCUT2D eigenvalue weighted by molar-refractivity contribution is -0.141. The maximum atomic E-state index is 11.1. The van der Waals surface area contributed by atoms with Crippen LogP contribution in [-0.2, 0) is 9.53 Å². The van der Waals surface area contributed by atoms with Gasteiger partial charge in [0.05, 0.1) is 11.8 Å². The highest BCUT2D eigenvalue weighted by Crippen LogP contribution is 1.98. The van der Waals surface area contributed by atoms with Gasteiger partial charge in [-0.2, -0.15) is 0 Å². The molecule has 0 fully saturated rings. The number of hydrogen-bond donors (Lipinski definition) is 1. The average Bonchev–Trinajstić information content (AvgIpc) is 2.55. The van der Waals surface area contributed by atoms with Gasteiger partial charge in [-0.05, 0) is 6.07 Å². The van der Waals surface area contributed by atoms with Gasteiger partial charge in [0.1, 0.15) is 6.26 Å². The van der Waals surface area contributed by atoms with E-state index in [4.69, 9.17) is 4.42 Å². The molecule has 0 spiro atoms. The fraction of sp³-hybridized carbons (Fsp3) is 0.250. The maximum absolute atomic E-state index is 11.1. The van der Waals surface area contributed by atoms with E-state index in [2.05, 4.69) is 10.1 Å². The van der Waals surface area contributed by atoms with Crippen molar-refractivity contribution in [3.63, 3.8) is 0 Å². The summed E-state index contributed by atoms with van der Waals surface area (Å²) < 4.78 is 9.20. The molecule has 1 rings (SSSR count). The zero-order valence-electron chi connectivity index (χ0n) is 7.07. The largest absolute Gasteiger partial charge is 0.472 e. The van der Waals surface area contributed by atoms with E-state index in [1.54, 1.807) is 0 Å². The minimum absolute atomic E-state index is 0.126. The minimum Gasteiger partial charge on any atom is -0.472 e. The predicted molar refractivity (Wildman–Crippen MR) is 42.8 cm³/mol. The molecule has 1 aromatic heterocycles. The molecule has 5 nitrogen and oxygen atoms in total. The zero-order chi connectivity index (χ0) is 9.68. The van der Waals surface area contributed by atoms with Crippen molar-refractivity contribution < 1.29 is 18.7 Å². The third kappa shape index (κ3) is 2.98. The molecule has 1 amide bonds. The summed E-state index contributed by atoms with van der Waals surface area (Å²) in [5.74, 6) is -0.775. The van der Waals surface area contributed by atoms with Crippen molar-refractivity contribution in [1.29, 1.82) is 0 Å². The topological polar surface area (TPSA) is 68.5 Å². The molecular weight excluding hydrogens is 174 g/mol. The molecule has 0 radical (unpaired) electrons. The van der Waals surface area contributed by atoms with E-state index in [0.29, 0.717) is 5.56 Å². The van der Waals surface area contributed by atoms with Crippen LogP contribution < -0.4 is 5.32 Å². The highest BCUT2D eigenvalue weighted by molar-refractivity contribution is 5.93. The first-order valence-corrected chi connectivity index (χ1v) is 3.64. The second-order valence-electron chi connectivity index (χ2n) is 2.30. The van der Waals surface area contributed by atoms with Crippen LogP contribution in [0.15, 0.2) is 23.0 Å². The van der Waals surface area contributed by atoms with Crippen molar-refractivity contribution in [2.75, 3.05) is 6.73 Å². The van der Waals surface area contributed by atoms with Gasteiger partial charge in [0.15, 0.2) is 6.73 Å². The molecule has 70 valence electrons. The van der Waals surface area contributed by atoms with Crippen LogP contribution in [0.2, 0.25) is 0 Å². The number of nitrogens with one attached hydrogen (secondary N) is 1. The lowest BCUT2D eigenvalue weighted by Crippen LogP contribution is -2.26. The van der Waals surface area contributed by atoms with Gasteiger partial charge in [-0.15, -0.1) is 0 Å². The minimum atomic E-state index is -0.438. The first kappa shape index (κ1) is 9.31. The van der Waals surface area contributed by atoms with E-state index < -0.39 is 5.97 Å². The first-order valence-electron chi connectivity index (χ1n) is 3.64. The lowest BCUT2D eigenvalue weighted by atomic mass is 10.3. The normalized spacial score (nSPS) is 9.31. The SMILES string of the molecule is CC(=O)OCNC(=O)c1ccoc1. The number of hydrogen-bond acceptors (Lipinski definition) is 4. The monoisotopic (exact) mass is 183 g/mol. The Morgan fingerprint density at radius 1 is 1.62 bits per heavy atom. The Morgan fingerprint density at radius 3 is 2.92 bits per heavy atom. The molecule has 0 aliphatic heterocycles. The van der Waals surface area contributed by atoms with Gasteiger partial charge < -0.3 is 14.5 Å². The highest BCUT2D eigenvalue weighted by Gasteiger charge is 2.05. The van der Waals surface area contributed by atoms with Crippen LogP contribution in [0.1, 0.15) is 17.3 Å². The summed E-state index contributed by atoms with van der Waals surface area (Å²) in [6.07, 6.45) is 2.70. The van der Waals surface area contributed by atoms with Gasteiger partial charge in [-0.1, -0.05) is 0 Å². The van der Waals surface area contributed by atoms with Crippen molar-refractivity contribution in [1.82, 2.24) is 5.32 Å². The molecule has 0 unspecified atom stereocenters. The Kier molecular flexibility index (Phi) is 3.08. The van der Waals surface area contributed by atoms with E-state index in [9.17, 15) is 9.59 Å². The van der Waals surface area contributed by atoms with Crippen molar-refractivity contribution in [3.05, 3.63) is 24.2 Å². The number of carbonyl (C=O) groups is 2. The molecule has 5 heteroatoms. The lowest BCUT2D eigenvalue weighted by Gasteiger charge is -2.02. The molecule has 1 heterocycles. The van der Waals surface area contributed by atoms with Crippen molar-refractivity contribution in [3.8, 4) is 0 Å². The third-order valence-electron chi connectivity index (χ3n) is 1.29.